The zero-order valence-corrected chi connectivity index (χ0v) is 11.4. The van der Waals surface area contributed by atoms with Crippen molar-refractivity contribution in [1.82, 2.24) is 0 Å². The van der Waals surface area contributed by atoms with Crippen LogP contribution in [0.25, 0.3) is 0 Å². The molecule has 0 aromatic heterocycles. The summed E-state index contributed by atoms with van der Waals surface area (Å²) >= 11 is 2.31. The highest BCUT2D eigenvalue weighted by atomic mass is 32.2. The molecular formula is C11H24SSi. The molecule has 0 nitrogen and oxygen atoms in total. The van der Waals surface area contributed by atoms with Gasteiger partial charge in [-0.25, -0.2) is 0 Å². The van der Waals surface area contributed by atoms with Gasteiger partial charge in [0.15, 0.2) is 0 Å². The van der Waals surface area contributed by atoms with Crippen molar-refractivity contribution in [3.05, 3.63) is 0 Å². The van der Waals surface area contributed by atoms with Crippen molar-refractivity contribution in [3.63, 3.8) is 0 Å². The fourth-order valence-corrected chi connectivity index (χ4v) is 10.8. The minimum absolute atomic E-state index is 0.863. The second-order valence-electron chi connectivity index (χ2n) is 4.44. The Morgan fingerprint density at radius 1 is 1.08 bits per heavy atom. The quantitative estimate of drug-likeness (QED) is 0.631. The van der Waals surface area contributed by atoms with E-state index in [1.165, 1.54) is 31.0 Å². The molecule has 0 amide bonds. The second kappa shape index (κ2) is 4.88. The van der Waals surface area contributed by atoms with Gasteiger partial charge in [-0.2, -0.15) is 11.8 Å². The summed E-state index contributed by atoms with van der Waals surface area (Å²) in [6, 6.07) is 4.51. The van der Waals surface area contributed by atoms with Crippen LogP contribution in [0.5, 0.6) is 0 Å². The lowest BCUT2D eigenvalue weighted by Gasteiger charge is -2.34. The molecule has 78 valence electrons. The Hall–Kier alpha value is 0.567. The van der Waals surface area contributed by atoms with Gasteiger partial charge in [0.1, 0.15) is 0 Å². The van der Waals surface area contributed by atoms with Crippen molar-refractivity contribution in [2.45, 2.75) is 68.8 Å². The van der Waals surface area contributed by atoms with E-state index in [1.807, 2.05) is 0 Å². The Balaban J connectivity index is 2.64. The molecule has 0 bridgehead atoms. The number of rotatable bonds is 4. The third kappa shape index (κ3) is 2.32. The van der Waals surface area contributed by atoms with Crippen molar-refractivity contribution in [3.8, 4) is 0 Å². The smallest absolute Gasteiger partial charge is 0.0670 e. The first-order valence-corrected chi connectivity index (χ1v) is 9.48. The third-order valence-electron chi connectivity index (χ3n) is 4.03. The number of thioether (sulfide) groups is 1. The minimum Gasteiger partial charge on any atom is -0.159 e. The summed E-state index contributed by atoms with van der Waals surface area (Å²) in [5, 5.41) is 0.946. The van der Waals surface area contributed by atoms with Crippen molar-refractivity contribution in [1.29, 1.82) is 0 Å². The van der Waals surface area contributed by atoms with Gasteiger partial charge in [-0.15, -0.1) is 0 Å². The number of hydrogen-bond donors (Lipinski definition) is 0. The summed E-state index contributed by atoms with van der Waals surface area (Å²) in [6.07, 6.45) is 3.00. The molecule has 0 aliphatic carbocycles. The summed E-state index contributed by atoms with van der Waals surface area (Å²) in [5.41, 5.74) is 0. The Morgan fingerprint density at radius 2 is 1.62 bits per heavy atom. The highest BCUT2D eigenvalue weighted by Crippen LogP contribution is 2.43. The Kier molecular flexibility index (Phi) is 4.37. The average Bonchev–Trinajstić information content (AvgIpc) is 2.57. The van der Waals surface area contributed by atoms with Crippen LogP contribution < -0.4 is 0 Å². The molecule has 0 N–H and O–H groups in total. The molecule has 2 atom stereocenters. The molecule has 1 aliphatic rings. The fraction of sp³-hybridized carbons (Fsp3) is 1.00. The second-order valence-corrected chi connectivity index (χ2v) is 12.0. The van der Waals surface area contributed by atoms with E-state index >= 15 is 0 Å². The molecule has 0 saturated carbocycles. The van der Waals surface area contributed by atoms with E-state index in [2.05, 4.69) is 39.5 Å². The normalized spacial score (nSPS) is 29.5. The Labute approximate surface area is 88.9 Å². The van der Waals surface area contributed by atoms with E-state index < -0.39 is 8.07 Å². The highest BCUT2D eigenvalue weighted by Gasteiger charge is 2.40. The molecule has 1 aliphatic heterocycles. The van der Waals surface area contributed by atoms with E-state index in [1.54, 1.807) is 0 Å². The fourth-order valence-electron chi connectivity index (χ4n) is 2.69. The maximum absolute atomic E-state index is 2.43. The van der Waals surface area contributed by atoms with E-state index in [0.717, 1.165) is 10.1 Å². The Bertz CT molecular complexity index is 146. The lowest BCUT2D eigenvalue weighted by molar-refractivity contribution is 0.804. The lowest BCUT2D eigenvalue weighted by Crippen LogP contribution is -2.42. The molecule has 1 rings (SSSR count). The van der Waals surface area contributed by atoms with Crippen molar-refractivity contribution in [2.24, 2.45) is 0 Å². The van der Waals surface area contributed by atoms with Gasteiger partial charge in [-0.3, -0.25) is 0 Å². The predicted octanol–water partition coefficient (Wildman–Crippen LogP) is 4.32. The minimum atomic E-state index is -0.863. The third-order valence-corrected chi connectivity index (χ3v) is 13.1. The molecule has 1 saturated heterocycles. The first-order chi connectivity index (χ1) is 6.18. The van der Waals surface area contributed by atoms with Crippen LogP contribution in [0.3, 0.4) is 0 Å². The van der Waals surface area contributed by atoms with Crippen molar-refractivity contribution >= 4 is 19.8 Å². The highest BCUT2D eigenvalue weighted by molar-refractivity contribution is 8.02. The molecule has 2 heteroatoms. The van der Waals surface area contributed by atoms with E-state index in [0.29, 0.717) is 0 Å². The molecule has 0 radical (unpaired) electrons. The van der Waals surface area contributed by atoms with Crippen molar-refractivity contribution in [2.75, 3.05) is 0 Å². The first kappa shape index (κ1) is 11.6. The van der Waals surface area contributed by atoms with Gasteiger partial charge >= 0.3 is 0 Å². The summed E-state index contributed by atoms with van der Waals surface area (Å²) < 4.78 is 0. The molecular weight excluding hydrogens is 192 g/mol. The molecule has 13 heavy (non-hydrogen) atoms. The van der Waals surface area contributed by atoms with Crippen LogP contribution in [0.4, 0.5) is 0 Å². The van der Waals surface area contributed by atoms with Crippen LogP contribution >= 0.6 is 11.8 Å². The largest absolute Gasteiger partial charge is 0.159 e. The van der Waals surface area contributed by atoms with E-state index in [4.69, 9.17) is 0 Å². The predicted molar refractivity (Wildman–Crippen MR) is 67.3 cm³/mol. The molecule has 0 aromatic rings. The van der Waals surface area contributed by atoms with E-state index in [-0.39, 0.29) is 0 Å². The van der Waals surface area contributed by atoms with E-state index in [9.17, 15) is 0 Å². The van der Waals surface area contributed by atoms with Crippen molar-refractivity contribution < 1.29 is 0 Å². The SMILES string of the molecule is CC[Si](CC)(CC)[C@@H]1CC[C@H](C)S1. The van der Waals surface area contributed by atoms with Gasteiger partial charge < -0.3 is 0 Å². The Morgan fingerprint density at radius 3 is 1.92 bits per heavy atom. The monoisotopic (exact) mass is 216 g/mol. The van der Waals surface area contributed by atoms with Gasteiger partial charge in [0.2, 0.25) is 0 Å². The summed E-state index contributed by atoms with van der Waals surface area (Å²) in [6.45, 7) is 9.71. The van der Waals surface area contributed by atoms with Gasteiger partial charge in [-0.1, -0.05) is 45.8 Å². The van der Waals surface area contributed by atoms with Crippen LogP contribution in [0.15, 0.2) is 0 Å². The topological polar surface area (TPSA) is 0 Å². The van der Waals surface area contributed by atoms with Crippen LogP contribution in [0.1, 0.15) is 40.5 Å². The zero-order chi connectivity index (χ0) is 9.90. The lowest BCUT2D eigenvalue weighted by atomic mass is 10.3. The van der Waals surface area contributed by atoms with Crippen LogP contribution in [0, 0.1) is 0 Å². The maximum Gasteiger partial charge on any atom is 0.0670 e. The van der Waals surface area contributed by atoms with Crippen LogP contribution in [-0.2, 0) is 0 Å². The summed E-state index contributed by atoms with van der Waals surface area (Å²) in [5.74, 6) is 0. The van der Waals surface area contributed by atoms with Gasteiger partial charge in [-0.05, 0) is 12.8 Å². The molecule has 1 heterocycles. The molecule has 0 spiro atoms. The first-order valence-electron chi connectivity index (χ1n) is 5.84. The van der Waals surface area contributed by atoms with Crippen LogP contribution in [0.2, 0.25) is 18.1 Å². The van der Waals surface area contributed by atoms with Gasteiger partial charge in [0.05, 0.1) is 8.07 Å². The summed E-state index contributed by atoms with van der Waals surface area (Å²) in [7, 11) is -0.863. The van der Waals surface area contributed by atoms with Gasteiger partial charge in [0, 0.05) is 10.1 Å². The van der Waals surface area contributed by atoms with Crippen LogP contribution in [-0.4, -0.2) is 18.2 Å². The molecule has 0 aromatic carbocycles. The summed E-state index contributed by atoms with van der Waals surface area (Å²) in [4.78, 5) is 1.09. The number of hydrogen-bond acceptors (Lipinski definition) is 1. The zero-order valence-electron chi connectivity index (χ0n) is 9.60. The standard InChI is InChI=1S/C11H24SSi/c1-5-13(6-2,7-3)11-9-8-10(4)12-11/h10-11H,5-9H2,1-4H3/t10-,11+/m0/s1. The molecule has 1 fully saturated rings. The van der Waals surface area contributed by atoms with Gasteiger partial charge in [0.25, 0.3) is 0 Å². The molecule has 0 unspecified atom stereocenters. The average molecular weight is 216 g/mol. The maximum atomic E-state index is 2.43.